The molecule has 1 amide bonds. The number of carbonyl (C=O) groups excluding carboxylic acids is 1. The van der Waals surface area contributed by atoms with Gasteiger partial charge in [0.25, 0.3) is 5.91 Å². The summed E-state index contributed by atoms with van der Waals surface area (Å²) in [4.78, 5) is 11.9. The van der Waals surface area contributed by atoms with Crippen molar-refractivity contribution in [3.63, 3.8) is 0 Å². The van der Waals surface area contributed by atoms with Crippen LogP contribution in [0, 0.1) is 0 Å². The van der Waals surface area contributed by atoms with Crippen LogP contribution in [-0.2, 0) is 6.42 Å². The average molecular weight is 244 g/mol. The second-order valence-electron chi connectivity index (χ2n) is 4.28. The first-order valence-electron chi connectivity index (χ1n) is 5.68. The molecular formula is C12H12N4O2. The zero-order chi connectivity index (χ0) is 12.5. The van der Waals surface area contributed by atoms with Crippen LogP contribution in [0.1, 0.15) is 27.7 Å². The normalized spacial score (nSPS) is 21.6. The van der Waals surface area contributed by atoms with Gasteiger partial charge in [-0.3, -0.25) is 4.79 Å². The molecule has 0 saturated carbocycles. The summed E-state index contributed by atoms with van der Waals surface area (Å²) in [7, 11) is 0. The van der Waals surface area contributed by atoms with Gasteiger partial charge in [-0.2, -0.15) is 15.4 Å². The molecule has 3 rings (SSSR count). The Morgan fingerprint density at radius 1 is 1.44 bits per heavy atom. The van der Waals surface area contributed by atoms with Crippen LogP contribution in [0.2, 0.25) is 0 Å². The maximum atomic E-state index is 11.9. The SMILES string of the molecule is O=C(N[C@H]1c2ccccc2C[C@H]1O)c1cn[nH]n1. The number of aliphatic hydroxyl groups excluding tert-OH is 1. The van der Waals surface area contributed by atoms with Crippen LogP contribution in [-0.4, -0.2) is 32.5 Å². The molecule has 1 heterocycles. The van der Waals surface area contributed by atoms with Crippen molar-refractivity contribution in [1.82, 2.24) is 20.7 Å². The van der Waals surface area contributed by atoms with Crippen LogP contribution in [0.4, 0.5) is 0 Å². The van der Waals surface area contributed by atoms with Crippen LogP contribution < -0.4 is 5.32 Å². The highest BCUT2D eigenvalue weighted by Crippen LogP contribution is 2.31. The zero-order valence-corrected chi connectivity index (χ0v) is 9.50. The van der Waals surface area contributed by atoms with E-state index in [4.69, 9.17) is 0 Å². The molecule has 1 aromatic carbocycles. The molecule has 3 N–H and O–H groups in total. The molecule has 1 aliphatic carbocycles. The Morgan fingerprint density at radius 2 is 2.28 bits per heavy atom. The molecule has 2 aromatic rings. The highest BCUT2D eigenvalue weighted by atomic mass is 16.3. The van der Waals surface area contributed by atoms with E-state index in [1.807, 2.05) is 24.3 Å². The van der Waals surface area contributed by atoms with E-state index in [-0.39, 0.29) is 17.6 Å². The Balaban J connectivity index is 1.83. The number of aromatic amines is 1. The molecule has 0 saturated heterocycles. The fourth-order valence-electron chi connectivity index (χ4n) is 2.27. The molecule has 1 aliphatic rings. The summed E-state index contributed by atoms with van der Waals surface area (Å²) >= 11 is 0. The van der Waals surface area contributed by atoms with Crippen molar-refractivity contribution >= 4 is 5.91 Å². The number of nitrogens with one attached hydrogen (secondary N) is 2. The molecule has 0 aliphatic heterocycles. The smallest absolute Gasteiger partial charge is 0.274 e. The van der Waals surface area contributed by atoms with Crippen LogP contribution in [0.5, 0.6) is 0 Å². The highest BCUT2D eigenvalue weighted by Gasteiger charge is 2.32. The van der Waals surface area contributed by atoms with Crippen LogP contribution in [0.15, 0.2) is 30.5 Å². The molecule has 18 heavy (non-hydrogen) atoms. The van der Waals surface area contributed by atoms with Gasteiger partial charge in [0.2, 0.25) is 0 Å². The van der Waals surface area contributed by atoms with E-state index in [0.717, 1.165) is 11.1 Å². The molecule has 0 unspecified atom stereocenters. The standard InChI is InChI=1S/C12H12N4O2/c17-10-5-7-3-1-2-4-8(7)11(10)14-12(18)9-6-13-16-15-9/h1-4,6,10-11,17H,5H2,(H,14,18)(H,13,15,16)/t10-,11+/m1/s1. The van der Waals surface area contributed by atoms with Gasteiger partial charge in [0, 0.05) is 6.42 Å². The lowest BCUT2D eigenvalue weighted by atomic mass is 10.1. The summed E-state index contributed by atoms with van der Waals surface area (Å²) in [6, 6.07) is 7.31. The zero-order valence-electron chi connectivity index (χ0n) is 9.50. The fraction of sp³-hybridized carbons (Fsp3) is 0.250. The van der Waals surface area contributed by atoms with Crippen molar-refractivity contribution in [1.29, 1.82) is 0 Å². The topological polar surface area (TPSA) is 90.9 Å². The summed E-state index contributed by atoms with van der Waals surface area (Å²) < 4.78 is 0. The third kappa shape index (κ3) is 1.76. The van der Waals surface area contributed by atoms with Gasteiger partial charge >= 0.3 is 0 Å². The van der Waals surface area contributed by atoms with E-state index < -0.39 is 6.10 Å². The summed E-state index contributed by atoms with van der Waals surface area (Å²) in [5.41, 5.74) is 2.24. The maximum absolute atomic E-state index is 11.9. The largest absolute Gasteiger partial charge is 0.390 e. The van der Waals surface area contributed by atoms with E-state index in [1.54, 1.807) is 0 Å². The average Bonchev–Trinajstić information content (AvgIpc) is 2.98. The number of carbonyl (C=O) groups is 1. The van der Waals surface area contributed by atoms with Crippen molar-refractivity contribution < 1.29 is 9.90 Å². The molecule has 0 spiro atoms. The van der Waals surface area contributed by atoms with Gasteiger partial charge in [0.1, 0.15) is 0 Å². The third-order valence-corrected chi connectivity index (χ3v) is 3.14. The number of fused-ring (bicyclic) bond motifs is 1. The maximum Gasteiger partial charge on any atom is 0.274 e. The number of hydrogen-bond donors (Lipinski definition) is 3. The third-order valence-electron chi connectivity index (χ3n) is 3.14. The molecular weight excluding hydrogens is 232 g/mol. The van der Waals surface area contributed by atoms with Crippen molar-refractivity contribution in [3.8, 4) is 0 Å². The van der Waals surface area contributed by atoms with Gasteiger partial charge in [-0.1, -0.05) is 24.3 Å². The molecule has 0 bridgehead atoms. The van der Waals surface area contributed by atoms with Crippen LogP contribution in [0.3, 0.4) is 0 Å². The Hall–Kier alpha value is -2.21. The lowest BCUT2D eigenvalue weighted by Crippen LogP contribution is -2.34. The molecule has 0 radical (unpaired) electrons. The van der Waals surface area contributed by atoms with Gasteiger partial charge in [-0.15, -0.1) is 0 Å². The van der Waals surface area contributed by atoms with Gasteiger partial charge < -0.3 is 10.4 Å². The predicted molar refractivity (Wildman–Crippen MR) is 62.7 cm³/mol. The molecule has 1 aromatic heterocycles. The van der Waals surface area contributed by atoms with Gasteiger partial charge in [0.05, 0.1) is 18.3 Å². The van der Waals surface area contributed by atoms with Crippen LogP contribution >= 0.6 is 0 Å². The van der Waals surface area contributed by atoms with Gasteiger partial charge in [-0.05, 0) is 11.1 Å². The van der Waals surface area contributed by atoms with Crippen LogP contribution in [0.25, 0.3) is 0 Å². The number of rotatable bonds is 2. The number of nitrogens with zero attached hydrogens (tertiary/aromatic N) is 2. The molecule has 6 heteroatoms. The van der Waals surface area contributed by atoms with E-state index in [2.05, 4.69) is 20.7 Å². The second-order valence-corrected chi connectivity index (χ2v) is 4.28. The lowest BCUT2D eigenvalue weighted by Gasteiger charge is -2.16. The minimum atomic E-state index is -0.599. The number of aromatic nitrogens is 3. The molecule has 0 fully saturated rings. The van der Waals surface area contributed by atoms with Crippen molar-refractivity contribution in [2.24, 2.45) is 0 Å². The number of hydrogen-bond acceptors (Lipinski definition) is 4. The first kappa shape index (κ1) is 10.9. The first-order valence-corrected chi connectivity index (χ1v) is 5.68. The Bertz CT molecular complexity index is 567. The minimum Gasteiger partial charge on any atom is -0.390 e. The molecule has 2 atom stereocenters. The summed E-state index contributed by atoms with van der Waals surface area (Å²) in [6.07, 6.45) is 1.31. The van der Waals surface area contributed by atoms with Crippen molar-refractivity contribution in [3.05, 3.63) is 47.3 Å². The number of benzene rings is 1. The Morgan fingerprint density at radius 3 is 3.06 bits per heavy atom. The fourth-order valence-corrected chi connectivity index (χ4v) is 2.27. The highest BCUT2D eigenvalue weighted by molar-refractivity contribution is 5.92. The monoisotopic (exact) mass is 244 g/mol. The van der Waals surface area contributed by atoms with E-state index in [9.17, 15) is 9.90 Å². The van der Waals surface area contributed by atoms with Gasteiger partial charge in [-0.25, -0.2) is 0 Å². The van der Waals surface area contributed by atoms with E-state index in [0.29, 0.717) is 6.42 Å². The lowest BCUT2D eigenvalue weighted by molar-refractivity contribution is 0.0853. The first-order chi connectivity index (χ1) is 8.75. The Kier molecular flexibility index (Phi) is 2.56. The Labute approximate surface area is 103 Å². The van der Waals surface area contributed by atoms with Crippen molar-refractivity contribution in [2.45, 2.75) is 18.6 Å². The van der Waals surface area contributed by atoms with Crippen molar-refractivity contribution in [2.75, 3.05) is 0 Å². The predicted octanol–water partition coefficient (Wildman–Crippen LogP) is 0.193. The molecule has 6 nitrogen and oxygen atoms in total. The van der Waals surface area contributed by atoms with E-state index in [1.165, 1.54) is 6.20 Å². The summed E-state index contributed by atoms with van der Waals surface area (Å²) in [5, 5.41) is 22.4. The number of amides is 1. The summed E-state index contributed by atoms with van der Waals surface area (Å²) in [6.45, 7) is 0. The van der Waals surface area contributed by atoms with Gasteiger partial charge in [0.15, 0.2) is 5.69 Å². The quantitative estimate of drug-likeness (QED) is 0.703. The number of aliphatic hydroxyl groups is 1. The molecule has 92 valence electrons. The number of H-pyrrole nitrogens is 1. The van der Waals surface area contributed by atoms with E-state index >= 15 is 0 Å². The minimum absolute atomic E-state index is 0.214. The second kappa shape index (κ2) is 4.23. The summed E-state index contributed by atoms with van der Waals surface area (Å²) in [5.74, 6) is -0.343.